The van der Waals surface area contributed by atoms with Crippen molar-refractivity contribution in [3.8, 4) is 0 Å². The summed E-state index contributed by atoms with van der Waals surface area (Å²) in [4.78, 5) is 4.41. The zero-order valence-corrected chi connectivity index (χ0v) is 9.64. The summed E-state index contributed by atoms with van der Waals surface area (Å²) < 4.78 is 1.75. The van der Waals surface area contributed by atoms with Crippen LogP contribution in [0, 0.1) is 0 Å². The van der Waals surface area contributed by atoms with Crippen molar-refractivity contribution < 1.29 is 0 Å². The van der Waals surface area contributed by atoms with Crippen molar-refractivity contribution in [2.75, 3.05) is 18.4 Å². The number of hydrogen-bond acceptors (Lipinski definition) is 4. The Morgan fingerprint density at radius 1 is 1.31 bits per heavy atom. The second kappa shape index (κ2) is 4.94. The number of fused-ring (bicyclic) bond motifs is 1. The first kappa shape index (κ1) is 10.9. The van der Waals surface area contributed by atoms with Gasteiger partial charge in [-0.3, -0.25) is 0 Å². The van der Waals surface area contributed by atoms with Gasteiger partial charge in [0.2, 0.25) is 0 Å². The normalized spacial score (nSPS) is 11.2. The van der Waals surface area contributed by atoms with Gasteiger partial charge >= 0.3 is 0 Å². The lowest BCUT2D eigenvalue weighted by atomic mass is 10.4. The van der Waals surface area contributed by atoms with Gasteiger partial charge in [-0.15, -0.1) is 0 Å². The number of rotatable bonds is 5. The van der Waals surface area contributed by atoms with Crippen molar-refractivity contribution in [3.05, 3.63) is 24.5 Å². The molecule has 0 saturated carbocycles. The lowest BCUT2D eigenvalue weighted by Gasteiger charge is -2.09. The van der Waals surface area contributed by atoms with Gasteiger partial charge in [-0.05, 0) is 6.07 Å². The smallest absolute Gasteiger partial charge is 0.157 e. The van der Waals surface area contributed by atoms with E-state index < -0.39 is 0 Å². The minimum atomic E-state index is 0.520. The van der Waals surface area contributed by atoms with Crippen LogP contribution in [0.15, 0.2) is 24.5 Å². The number of anilines is 1. The molecule has 5 nitrogen and oxygen atoms in total. The summed E-state index contributed by atoms with van der Waals surface area (Å²) in [6, 6.07) is 4.33. The van der Waals surface area contributed by atoms with E-state index in [1.54, 1.807) is 10.7 Å². The van der Waals surface area contributed by atoms with Gasteiger partial charge in [0.25, 0.3) is 0 Å². The molecule has 2 rings (SSSR count). The van der Waals surface area contributed by atoms with E-state index in [1.165, 1.54) is 0 Å². The molecule has 0 unspecified atom stereocenters. The Labute approximate surface area is 94.9 Å². The van der Waals surface area contributed by atoms with Crippen LogP contribution in [-0.4, -0.2) is 33.7 Å². The van der Waals surface area contributed by atoms with E-state index in [0.29, 0.717) is 6.04 Å². The molecule has 2 aromatic heterocycles. The molecule has 0 bridgehead atoms. The van der Waals surface area contributed by atoms with Crippen LogP contribution < -0.4 is 10.6 Å². The summed E-state index contributed by atoms with van der Waals surface area (Å²) in [5.74, 6) is 0.888. The Morgan fingerprint density at radius 2 is 2.19 bits per heavy atom. The van der Waals surface area contributed by atoms with Gasteiger partial charge in [-0.1, -0.05) is 13.8 Å². The fraction of sp³-hybridized carbons (Fsp3) is 0.455. The van der Waals surface area contributed by atoms with Crippen molar-refractivity contribution in [2.24, 2.45) is 0 Å². The van der Waals surface area contributed by atoms with Gasteiger partial charge < -0.3 is 10.6 Å². The molecule has 0 aliphatic carbocycles. The Bertz CT molecular complexity index is 448. The van der Waals surface area contributed by atoms with Gasteiger partial charge in [-0.2, -0.15) is 5.10 Å². The molecule has 2 heterocycles. The quantitative estimate of drug-likeness (QED) is 0.740. The monoisotopic (exact) mass is 219 g/mol. The Kier molecular flexibility index (Phi) is 3.36. The second-order valence-corrected chi connectivity index (χ2v) is 3.98. The van der Waals surface area contributed by atoms with Gasteiger partial charge in [0.1, 0.15) is 5.82 Å². The van der Waals surface area contributed by atoms with E-state index in [-0.39, 0.29) is 0 Å². The first-order valence-corrected chi connectivity index (χ1v) is 5.53. The van der Waals surface area contributed by atoms with Crippen LogP contribution in [0.2, 0.25) is 0 Å². The highest BCUT2D eigenvalue weighted by Gasteiger charge is 1.97. The molecule has 0 radical (unpaired) electrons. The van der Waals surface area contributed by atoms with E-state index in [0.717, 1.165) is 24.6 Å². The Morgan fingerprint density at radius 3 is 3.00 bits per heavy atom. The third-order valence-electron chi connectivity index (χ3n) is 2.24. The lowest BCUT2D eigenvalue weighted by Crippen LogP contribution is -2.28. The average Bonchev–Trinajstić information content (AvgIpc) is 2.71. The van der Waals surface area contributed by atoms with Crippen LogP contribution in [-0.2, 0) is 0 Å². The second-order valence-electron chi connectivity index (χ2n) is 3.98. The standard InChI is InChI=1S/C11H17N5/c1-9(2)12-6-7-13-10-4-8-16-11(15-10)3-5-14-16/h3-5,8-9,12H,6-7H2,1-2H3,(H,13,15). The fourth-order valence-electron chi connectivity index (χ4n) is 1.46. The molecule has 86 valence electrons. The van der Waals surface area contributed by atoms with Crippen LogP contribution >= 0.6 is 0 Å². The van der Waals surface area contributed by atoms with Gasteiger partial charge in [0, 0.05) is 31.4 Å². The molecule has 2 aromatic rings. The number of nitrogens with one attached hydrogen (secondary N) is 2. The third kappa shape index (κ3) is 2.70. The number of aromatic nitrogens is 3. The molecule has 0 aromatic carbocycles. The molecular formula is C11H17N5. The Hall–Kier alpha value is -1.62. The molecule has 2 N–H and O–H groups in total. The highest BCUT2D eigenvalue weighted by atomic mass is 15.2. The summed E-state index contributed by atoms with van der Waals surface area (Å²) in [5, 5.41) is 10.7. The summed E-state index contributed by atoms with van der Waals surface area (Å²) in [6.07, 6.45) is 3.65. The largest absolute Gasteiger partial charge is 0.369 e. The predicted molar refractivity (Wildman–Crippen MR) is 64.6 cm³/mol. The third-order valence-corrected chi connectivity index (χ3v) is 2.24. The summed E-state index contributed by atoms with van der Waals surface area (Å²) in [7, 11) is 0. The molecular weight excluding hydrogens is 202 g/mol. The van der Waals surface area contributed by atoms with Crippen molar-refractivity contribution in [1.29, 1.82) is 0 Å². The minimum Gasteiger partial charge on any atom is -0.369 e. The van der Waals surface area contributed by atoms with Crippen molar-refractivity contribution >= 4 is 11.5 Å². The van der Waals surface area contributed by atoms with Crippen LogP contribution in [0.5, 0.6) is 0 Å². The Balaban J connectivity index is 1.89. The van der Waals surface area contributed by atoms with Gasteiger partial charge in [-0.25, -0.2) is 9.50 Å². The molecule has 0 fully saturated rings. The fourth-order valence-corrected chi connectivity index (χ4v) is 1.46. The average molecular weight is 219 g/mol. The number of nitrogens with zero attached hydrogens (tertiary/aromatic N) is 3. The maximum atomic E-state index is 4.41. The molecule has 5 heteroatoms. The zero-order valence-electron chi connectivity index (χ0n) is 9.64. The first-order chi connectivity index (χ1) is 7.75. The molecule has 16 heavy (non-hydrogen) atoms. The van der Waals surface area contributed by atoms with Gasteiger partial charge in [0.05, 0.1) is 6.20 Å². The lowest BCUT2D eigenvalue weighted by molar-refractivity contribution is 0.602. The van der Waals surface area contributed by atoms with Crippen molar-refractivity contribution in [2.45, 2.75) is 19.9 Å². The summed E-state index contributed by atoms with van der Waals surface area (Å²) in [5.41, 5.74) is 0.863. The predicted octanol–water partition coefficient (Wildman–Crippen LogP) is 1.14. The summed E-state index contributed by atoms with van der Waals surface area (Å²) >= 11 is 0. The highest BCUT2D eigenvalue weighted by Crippen LogP contribution is 2.04. The van der Waals surface area contributed by atoms with Crippen molar-refractivity contribution in [1.82, 2.24) is 19.9 Å². The summed E-state index contributed by atoms with van der Waals surface area (Å²) in [6.45, 7) is 6.08. The minimum absolute atomic E-state index is 0.520. The first-order valence-electron chi connectivity index (χ1n) is 5.53. The van der Waals surface area contributed by atoms with Crippen LogP contribution in [0.3, 0.4) is 0 Å². The molecule has 0 saturated heterocycles. The van der Waals surface area contributed by atoms with Gasteiger partial charge in [0.15, 0.2) is 5.65 Å². The van der Waals surface area contributed by atoms with E-state index in [4.69, 9.17) is 0 Å². The van der Waals surface area contributed by atoms with Crippen LogP contribution in [0.4, 0.5) is 5.82 Å². The van der Waals surface area contributed by atoms with E-state index >= 15 is 0 Å². The zero-order chi connectivity index (χ0) is 11.4. The van der Waals surface area contributed by atoms with Crippen molar-refractivity contribution in [3.63, 3.8) is 0 Å². The van der Waals surface area contributed by atoms with E-state index in [9.17, 15) is 0 Å². The topological polar surface area (TPSA) is 54.2 Å². The molecule has 0 amide bonds. The molecule has 0 aliphatic heterocycles. The highest BCUT2D eigenvalue weighted by molar-refractivity contribution is 5.45. The van der Waals surface area contributed by atoms with Crippen LogP contribution in [0.1, 0.15) is 13.8 Å². The maximum absolute atomic E-state index is 4.41. The van der Waals surface area contributed by atoms with Crippen LogP contribution in [0.25, 0.3) is 5.65 Å². The number of hydrogen-bond donors (Lipinski definition) is 2. The van der Waals surface area contributed by atoms with E-state index in [1.807, 2.05) is 18.3 Å². The maximum Gasteiger partial charge on any atom is 0.157 e. The molecule has 0 spiro atoms. The SMILES string of the molecule is CC(C)NCCNc1ccn2nccc2n1. The molecule has 0 atom stereocenters. The van der Waals surface area contributed by atoms with E-state index in [2.05, 4.69) is 34.6 Å². The molecule has 0 aliphatic rings.